The average molecular weight is 391 g/mol. The number of amides is 1. The van der Waals surface area contributed by atoms with Gasteiger partial charge in [0.15, 0.2) is 11.9 Å². The smallest absolute Gasteiger partial charge is 0.262 e. The number of anilines is 1. The number of hydrogen-bond acceptors (Lipinski definition) is 5. The van der Waals surface area contributed by atoms with E-state index in [-0.39, 0.29) is 5.91 Å². The first kappa shape index (κ1) is 19.3. The Morgan fingerprint density at radius 2 is 1.86 bits per heavy atom. The molecule has 0 N–H and O–H groups in total. The third-order valence-electron chi connectivity index (χ3n) is 5.08. The Labute approximate surface area is 170 Å². The van der Waals surface area contributed by atoms with Gasteiger partial charge in [-0.05, 0) is 43.0 Å². The fourth-order valence-electron chi connectivity index (χ4n) is 3.58. The molecule has 1 aliphatic rings. The van der Waals surface area contributed by atoms with Crippen molar-refractivity contribution in [3.8, 4) is 5.88 Å². The number of hydrogen-bond donors (Lipinski definition) is 0. The first-order valence-corrected chi connectivity index (χ1v) is 9.94. The summed E-state index contributed by atoms with van der Waals surface area (Å²) in [5, 5.41) is 0.883. The van der Waals surface area contributed by atoms with Gasteiger partial charge in [-0.15, -0.1) is 0 Å². The van der Waals surface area contributed by atoms with Gasteiger partial charge in [-0.3, -0.25) is 9.69 Å². The number of benzene rings is 1. The standard InChI is InChI=1S/C23H25N3O3/c1-15(2)7-6-14-29-23-18-9-5-4-8-17(18)22(27)26(23)19-12-10-16-11-13-20(28-3)25-21(16)24-19/h4-5,8-13,15,23H,6-7,14H2,1-3H3. The first-order valence-electron chi connectivity index (χ1n) is 9.94. The minimum absolute atomic E-state index is 0.107. The third kappa shape index (κ3) is 3.80. The predicted octanol–water partition coefficient (Wildman–Crippen LogP) is 4.75. The van der Waals surface area contributed by atoms with Gasteiger partial charge in [-0.2, -0.15) is 4.98 Å². The van der Waals surface area contributed by atoms with Gasteiger partial charge in [-0.1, -0.05) is 32.0 Å². The molecular formula is C23H25N3O3. The van der Waals surface area contributed by atoms with Gasteiger partial charge >= 0.3 is 0 Å². The summed E-state index contributed by atoms with van der Waals surface area (Å²) >= 11 is 0. The minimum atomic E-state index is -0.485. The zero-order chi connectivity index (χ0) is 20.4. The summed E-state index contributed by atoms with van der Waals surface area (Å²) in [7, 11) is 1.57. The van der Waals surface area contributed by atoms with Crippen molar-refractivity contribution in [2.45, 2.75) is 32.9 Å². The molecule has 2 aromatic heterocycles. The summed E-state index contributed by atoms with van der Waals surface area (Å²) in [6.07, 6.45) is 1.55. The van der Waals surface area contributed by atoms with Crippen LogP contribution in [0.4, 0.5) is 5.82 Å². The minimum Gasteiger partial charge on any atom is -0.481 e. The molecule has 0 radical (unpaired) electrons. The van der Waals surface area contributed by atoms with E-state index in [9.17, 15) is 4.79 Å². The molecule has 0 aliphatic carbocycles. The molecular weight excluding hydrogens is 366 g/mol. The van der Waals surface area contributed by atoms with Crippen molar-refractivity contribution in [1.82, 2.24) is 9.97 Å². The quantitative estimate of drug-likeness (QED) is 0.544. The molecule has 6 nitrogen and oxygen atoms in total. The lowest BCUT2D eigenvalue weighted by molar-refractivity contribution is 0.0484. The largest absolute Gasteiger partial charge is 0.481 e. The highest BCUT2D eigenvalue weighted by atomic mass is 16.5. The number of carbonyl (C=O) groups excluding carboxylic acids is 1. The number of carbonyl (C=O) groups is 1. The van der Waals surface area contributed by atoms with Gasteiger partial charge in [0.2, 0.25) is 5.88 Å². The van der Waals surface area contributed by atoms with E-state index in [0.29, 0.717) is 35.4 Å². The Bertz CT molecular complexity index is 1030. The lowest BCUT2D eigenvalue weighted by Crippen LogP contribution is -2.30. The number of nitrogens with zero attached hydrogens (tertiary/aromatic N) is 3. The summed E-state index contributed by atoms with van der Waals surface area (Å²) in [6, 6.07) is 15.0. The zero-order valence-electron chi connectivity index (χ0n) is 17.0. The molecule has 1 atom stereocenters. The normalized spacial score (nSPS) is 15.9. The first-order chi connectivity index (χ1) is 14.1. The van der Waals surface area contributed by atoms with Gasteiger partial charge in [0.05, 0.1) is 7.11 Å². The summed E-state index contributed by atoms with van der Waals surface area (Å²) in [5.74, 6) is 1.52. The molecule has 0 saturated heterocycles. The van der Waals surface area contributed by atoms with Gasteiger partial charge in [0, 0.05) is 29.2 Å². The van der Waals surface area contributed by atoms with E-state index in [1.807, 2.05) is 42.5 Å². The van der Waals surface area contributed by atoms with E-state index < -0.39 is 6.23 Å². The zero-order valence-corrected chi connectivity index (χ0v) is 17.0. The SMILES string of the molecule is COc1ccc2ccc(N3C(=O)c4ccccc4C3OCCCC(C)C)nc2n1. The molecule has 0 saturated carbocycles. The fraction of sp³-hybridized carbons (Fsp3) is 0.348. The lowest BCUT2D eigenvalue weighted by atomic mass is 10.1. The second-order valence-electron chi connectivity index (χ2n) is 7.59. The van der Waals surface area contributed by atoms with Crippen molar-refractivity contribution in [1.29, 1.82) is 0 Å². The number of methoxy groups -OCH3 is 1. The van der Waals surface area contributed by atoms with E-state index in [0.717, 1.165) is 23.8 Å². The summed E-state index contributed by atoms with van der Waals surface area (Å²) in [4.78, 5) is 23.8. The third-order valence-corrected chi connectivity index (χ3v) is 5.08. The maximum absolute atomic E-state index is 13.2. The monoisotopic (exact) mass is 391 g/mol. The van der Waals surface area contributed by atoms with Crippen LogP contribution in [0.1, 0.15) is 48.8 Å². The van der Waals surface area contributed by atoms with Crippen LogP contribution in [0.3, 0.4) is 0 Å². The molecule has 3 heterocycles. The van der Waals surface area contributed by atoms with Crippen molar-refractivity contribution < 1.29 is 14.3 Å². The van der Waals surface area contributed by atoms with Crippen molar-refractivity contribution in [2.75, 3.05) is 18.6 Å². The molecule has 1 aliphatic heterocycles. The van der Waals surface area contributed by atoms with Crippen LogP contribution in [-0.4, -0.2) is 29.6 Å². The van der Waals surface area contributed by atoms with Crippen LogP contribution in [-0.2, 0) is 4.74 Å². The maximum atomic E-state index is 13.2. The molecule has 150 valence electrons. The molecule has 1 amide bonds. The van der Waals surface area contributed by atoms with Gasteiger partial charge in [0.25, 0.3) is 5.91 Å². The second-order valence-corrected chi connectivity index (χ2v) is 7.59. The van der Waals surface area contributed by atoms with Crippen molar-refractivity contribution >= 4 is 22.8 Å². The van der Waals surface area contributed by atoms with Gasteiger partial charge in [0.1, 0.15) is 5.82 Å². The van der Waals surface area contributed by atoms with Crippen LogP contribution in [0.5, 0.6) is 5.88 Å². The van der Waals surface area contributed by atoms with Gasteiger partial charge in [-0.25, -0.2) is 4.98 Å². The topological polar surface area (TPSA) is 64.5 Å². The van der Waals surface area contributed by atoms with Crippen LogP contribution in [0, 0.1) is 5.92 Å². The molecule has 1 aromatic carbocycles. The molecule has 0 fully saturated rings. The number of ether oxygens (including phenoxy) is 2. The number of fused-ring (bicyclic) bond motifs is 2. The summed E-state index contributed by atoms with van der Waals surface area (Å²) in [6.45, 7) is 4.97. The summed E-state index contributed by atoms with van der Waals surface area (Å²) < 4.78 is 11.4. The Balaban J connectivity index is 1.68. The molecule has 1 unspecified atom stereocenters. The van der Waals surface area contributed by atoms with E-state index >= 15 is 0 Å². The highest BCUT2D eigenvalue weighted by Gasteiger charge is 2.39. The van der Waals surface area contributed by atoms with E-state index in [2.05, 4.69) is 23.8 Å². The van der Waals surface area contributed by atoms with Crippen LogP contribution in [0.25, 0.3) is 11.0 Å². The van der Waals surface area contributed by atoms with Crippen molar-refractivity contribution in [3.63, 3.8) is 0 Å². The van der Waals surface area contributed by atoms with Crippen molar-refractivity contribution in [2.24, 2.45) is 5.92 Å². The Morgan fingerprint density at radius 3 is 2.66 bits per heavy atom. The van der Waals surface area contributed by atoms with Gasteiger partial charge < -0.3 is 9.47 Å². The molecule has 0 spiro atoms. The maximum Gasteiger partial charge on any atom is 0.262 e. The Morgan fingerprint density at radius 1 is 1.07 bits per heavy atom. The predicted molar refractivity (Wildman–Crippen MR) is 112 cm³/mol. The number of aromatic nitrogens is 2. The fourth-order valence-corrected chi connectivity index (χ4v) is 3.58. The highest BCUT2D eigenvalue weighted by molar-refractivity contribution is 6.10. The molecule has 6 heteroatoms. The lowest BCUT2D eigenvalue weighted by Gasteiger charge is -2.25. The van der Waals surface area contributed by atoms with E-state index in [4.69, 9.17) is 9.47 Å². The molecule has 4 rings (SSSR count). The molecule has 0 bridgehead atoms. The van der Waals surface area contributed by atoms with Crippen LogP contribution < -0.4 is 9.64 Å². The molecule has 29 heavy (non-hydrogen) atoms. The Kier molecular flexibility index (Phi) is 5.45. The molecule has 3 aromatic rings. The average Bonchev–Trinajstić information content (AvgIpc) is 3.02. The van der Waals surface area contributed by atoms with Crippen LogP contribution >= 0.6 is 0 Å². The highest BCUT2D eigenvalue weighted by Crippen LogP contribution is 2.38. The van der Waals surface area contributed by atoms with E-state index in [1.165, 1.54) is 0 Å². The van der Waals surface area contributed by atoms with Crippen molar-refractivity contribution in [3.05, 3.63) is 59.7 Å². The van der Waals surface area contributed by atoms with E-state index in [1.54, 1.807) is 18.1 Å². The second kappa shape index (κ2) is 8.17. The van der Waals surface area contributed by atoms with Crippen LogP contribution in [0.2, 0.25) is 0 Å². The number of rotatable bonds is 7. The number of pyridine rings is 2. The Hall–Kier alpha value is -2.99. The van der Waals surface area contributed by atoms with Crippen LogP contribution in [0.15, 0.2) is 48.5 Å². The summed E-state index contributed by atoms with van der Waals surface area (Å²) in [5.41, 5.74) is 2.06.